The molecule has 0 bridgehead atoms. The molecule has 0 unspecified atom stereocenters. The van der Waals surface area contributed by atoms with Crippen LogP contribution in [0, 0.1) is 11.3 Å². The van der Waals surface area contributed by atoms with E-state index in [4.69, 9.17) is 15.7 Å². The number of hydrogen-bond donors (Lipinski definition) is 2. The van der Waals surface area contributed by atoms with Crippen molar-refractivity contribution in [3.05, 3.63) is 5.56 Å². The molecule has 1 heterocycles. The van der Waals surface area contributed by atoms with Crippen molar-refractivity contribution in [2.45, 2.75) is 24.9 Å². The number of methoxy groups -OCH3 is 1. The van der Waals surface area contributed by atoms with Crippen LogP contribution in [-0.2, 0) is 4.74 Å². The first-order chi connectivity index (χ1) is 7.71. The predicted molar refractivity (Wildman–Crippen MR) is 63.3 cm³/mol. The lowest BCUT2D eigenvalue weighted by molar-refractivity contribution is -0.0600. The molecule has 86 valence electrons. The zero-order chi connectivity index (χ0) is 11.6. The van der Waals surface area contributed by atoms with Crippen molar-refractivity contribution in [2.75, 3.05) is 24.7 Å². The largest absolute Gasteiger partial charge is 0.382 e. The fourth-order valence-corrected chi connectivity index (χ4v) is 2.46. The first-order valence-corrected chi connectivity index (χ1v) is 5.92. The normalized spacial score (nSPS) is 17.5. The van der Waals surface area contributed by atoms with Gasteiger partial charge in [-0.3, -0.25) is 0 Å². The first-order valence-electron chi connectivity index (χ1n) is 5.15. The summed E-state index contributed by atoms with van der Waals surface area (Å²) >= 11 is 1.22. The van der Waals surface area contributed by atoms with Gasteiger partial charge in [0.25, 0.3) is 0 Å². The summed E-state index contributed by atoms with van der Waals surface area (Å²) in [5.74, 6) is 0.301. The van der Waals surface area contributed by atoms with Crippen molar-refractivity contribution in [1.82, 2.24) is 4.37 Å². The molecule has 1 aromatic heterocycles. The summed E-state index contributed by atoms with van der Waals surface area (Å²) in [6.07, 6.45) is 3.32. The monoisotopic (exact) mass is 238 g/mol. The Labute approximate surface area is 98.4 Å². The smallest absolute Gasteiger partial charge is 0.157 e. The third kappa shape index (κ3) is 1.84. The van der Waals surface area contributed by atoms with Gasteiger partial charge in [-0.15, -0.1) is 0 Å². The van der Waals surface area contributed by atoms with Gasteiger partial charge in [-0.1, -0.05) is 0 Å². The van der Waals surface area contributed by atoms with Crippen LogP contribution >= 0.6 is 11.5 Å². The van der Waals surface area contributed by atoms with E-state index in [1.54, 1.807) is 7.11 Å². The zero-order valence-corrected chi connectivity index (χ0v) is 9.93. The lowest BCUT2D eigenvalue weighted by Crippen LogP contribution is -2.45. The number of rotatable bonds is 4. The molecule has 6 heteroatoms. The Hall–Kier alpha value is -1.32. The average molecular weight is 238 g/mol. The van der Waals surface area contributed by atoms with Crippen LogP contribution in [0.4, 0.5) is 10.8 Å². The van der Waals surface area contributed by atoms with Crippen LogP contribution in [0.3, 0.4) is 0 Å². The minimum atomic E-state index is -0.0640. The topological polar surface area (TPSA) is 84.0 Å². The Balaban J connectivity index is 2.02. The number of hydrogen-bond acceptors (Lipinski definition) is 6. The molecule has 1 saturated carbocycles. The summed E-state index contributed by atoms with van der Waals surface area (Å²) in [6, 6.07) is 2.05. The van der Waals surface area contributed by atoms with Crippen molar-refractivity contribution in [3.63, 3.8) is 0 Å². The number of anilines is 2. The lowest BCUT2D eigenvalue weighted by Gasteiger charge is -2.40. The van der Waals surface area contributed by atoms with Crippen LogP contribution in [0.25, 0.3) is 0 Å². The highest BCUT2D eigenvalue weighted by Crippen LogP contribution is 2.36. The van der Waals surface area contributed by atoms with E-state index in [0.717, 1.165) is 17.8 Å². The number of ether oxygens (including phenoxy) is 1. The summed E-state index contributed by atoms with van der Waals surface area (Å²) in [4.78, 5) is 0. The average Bonchev–Trinajstić information content (AvgIpc) is 2.58. The fourth-order valence-electron chi connectivity index (χ4n) is 1.80. The number of aromatic nitrogens is 1. The molecule has 0 radical (unpaired) electrons. The predicted octanol–water partition coefficient (Wildman–Crippen LogP) is 1.58. The van der Waals surface area contributed by atoms with Gasteiger partial charge in [0, 0.05) is 13.7 Å². The second-order valence-corrected chi connectivity index (χ2v) is 4.75. The van der Waals surface area contributed by atoms with E-state index >= 15 is 0 Å². The minimum Gasteiger partial charge on any atom is -0.382 e. The molecule has 0 aromatic carbocycles. The lowest BCUT2D eigenvalue weighted by atomic mass is 9.80. The first kappa shape index (κ1) is 11.2. The molecule has 0 spiro atoms. The Kier molecular flexibility index (Phi) is 2.99. The quantitative estimate of drug-likeness (QED) is 0.832. The molecule has 1 aliphatic rings. The molecule has 0 atom stereocenters. The van der Waals surface area contributed by atoms with Crippen molar-refractivity contribution >= 4 is 22.4 Å². The van der Waals surface area contributed by atoms with Gasteiger partial charge in [0.2, 0.25) is 0 Å². The van der Waals surface area contributed by atoms with Crippen molar-refractivity contribution in [1.29, 1.82) is 5.26 Å². The molecule has 2 rings (SSSR count). The van der Waals surface area contributed by atoms with Crippen LogP contribution in [0.1, 0.15) is 24.8 Å². The van der Waals surface area contributed by atoms with E-state index in [9.17, 15) is 0 Å². The number of nitrogens with one attached hydrogen (secondary N) is 1. The minimum absolute atomic E-state index is 0.0640. The molecule has 1 aromatic rings. The second kappa shape index (κ2) is 4.28. The van der Waals surface area contributed by atoms with Gasteiger partial charge in [0.05, 0.1) is 5.60 Å². The van der Waals surface area contributed by atoms with E-state index in [-0.39, 0.29) is 5.60 Å². The van der Waals surface area contributed by atoms with Gasteiger partial charge in [-0.25, -0.2) is 0 Å². The molecule has 5 nitrogen and oxygen atoms in total. The summed E-state index contributed by atoms with van der Waals surface area (Å²) in [7, 11) is 1.73. The number of nitriles is 1. The van der Waals surface area contributed by atoms with E-state index in [2.05, 4.69) is 15.8 Å². The van der Waals surface area contributed by atoms with Gasteiger partial charge < -0.3 is 15.8 Å². The number of nitrogens with two attached hydrogens (primary N) is 1. The Bertz CT molecular complexity index is 413. The van der Waals surface area contributed by atoms with Crippen LogP contribution in [-0.4, -0.2) is 23.6 Å². The molecular weight excluding hydrogens is 224 g/mol. The van der Waals surface area contributed by atoms with Gasteiger partial charge in [-0.05, 0) is 30.8 Å². The van der Waals surface area contributed by atoms with Crippen molar-refractivity contribution < 1.29 is 4.74 Å². The second-order valence-electron chi connectivity index (χ2n) is 3.98. The molecule has 1 fully saturated rings. The molecule has 0 saturated heterocycles. The van der Waals surface area contributed by atoms with Crippen LogP contribution < -0.4 is 11.1 Å². The van der Waals surface area contributed by atoms with E-state index < -0.39 is 0 Å². The van der Waals surface area contributed by atoms with Gasteiger partial charge >= 0.3 is 0 Å². The summed E-state index contributed by atoms with van der Waals surface area (Å²) in [5, 5.41) is 12.9. The van der Waals surface area contributed by atoms with Crippen molar-refractivity contribution in [2.24, 2.45) is 0 Å². The molecule has 0 amide bonds. The standard InChI is InChI=1S/C10H14N4OS/c1-15-10(3-2-4-10)6-13-9-7(5-11)8(12)14-16-9/h13H,2-4,6H2,1H3,(H2,12,14). The summed E-state index contributed by atoms with van der Waals surface area (Å²) in [6.45, 7) is 0.708. The zero-order valence-electron chi connectivity index (χ0n) is 9.12. The van der Waals surface area contributed by atoms with Crippen LogP contribution in [0.5, 0.6) is 0 Å². The molecule has 0 aliphatic heterocycles. The number of nitrogens with zero attached hydrogens (tertiary/aromatic N) is 2. The van der Waals surface area contributed by atoms with Gasteiger partial charge in [0.15, 0.2) is 5.82 Å². The summed E-state index contributed by atoms with van der Waals surface area (Å²) in [5.41, 5.74) is 5.95. The van der Waals surface area contributed by atoms with E-state index in [0.29, 0.717) is 17.9 Å². The van der Waals surface area contributed by atoms with Crippen LogP contribution in [0.15, 0.2) is 0 Å². The Morgan fingerprint density at radius 3 is 2.94 bits per heavy atom. The maximum absolute atomic E-state index is 8.91. The maximum Gasteiger partial charge on any atom is 0.157 e. The molecule has 3 N–H and O–H groups in total. The maximum atomic E-state index is 8.91. The Morgan fingerprint density at radius 1 is 1.69 bits per heavy atom. The third-order valence-corrected chi connectivity index (χ3v) is 3.92. The van der Waals surface area contributed by atoms with Crippen LogP contribution in [0.2, 0.25) is 0 Å². The highest BCUT2D eigenvalue weighted by atomic mass is 32.1. The highest BCUT2D eigenvalue weighted by molar-refractivity contribution is 7.10. The third-order valence-electron chi connectivity index (χ3n) is 3.10. The van der Waals surface area contributed by atoms with Gasteiger partial charge in [-0.2, -0.15) is 9.64 Å². The fraction of sp³-hybridized carbons (Fsp3) is 0.600. The number of nitrogen functional groups attached to an aromatic ring is 1. The Morgan fingerprint density at radius 2 is 2.44 bits per heavy atom. The van der Waals surface area contributed by atoms with Gasteiger partial charge in [0.1, 0.15) is 16.6 Å². The van der Waals surface area contributed by atoms with Crippen molar-refractivity contribution in [3.8, 4) is 6.07 Å². The molecular formula is C10H14N4OS. The molecule has 16 heavy (non-hydrogen) atoms. The molecule has 1 aliphatic carbocycles. The highest BCUT2D eigenvalue weighted by Gasteiger charge is 2.37. The summed E-state index contributed by atoms with van der Waals surface area (Å²) < 4.78 is 9.43. The SMILES string of the molecule is COC1(CNc2snc(N)c2C#N)CCC1. The van der Waals surface area contributed by atoms with E-state index in [1.165, 1.54) is 18.0 Å². The van der Waals surface area contributed by atoms with E-state index in [1.807, 2.05) is 0 Å².